The first kappa shape index (κ1) is 26.6. The number of aryl methyl sites for hydroxylation is 1. The molecule has 1 aromatic heterocycles. The van der Waals surface area contributed by atoms with Gasteiger partial charge in [-0.15, -0.1) is 0 Å². The summed E-state index contributed by atoms with van der Waals surface area (Å²) in [6.45, 7) is 4.73. The predicted octanol–water partition coefficient (Wildman–Crippen LogP) is 5.29. The van der Waals surface area contributed by atoms with Gasteiger partial charge in [0.15, 0.2) is 0 Å². The summed E-state index contributed by atoms with van der Waals surface area (Å²) in [5.74, 6) is 1.25. The van der Waals surface area contributed by atoms with Crippen molar-refractivity contribution in [3.8, 4) is 0 Å². The lowest BCUT2D eigenvalue weighted by molar-refractivity contribution is -0.123. The van der Waals surface area contributed by atoms with Crippen molar-refractivity contribution in [3.63, 3.8) is 0 Å². The fraction of sp³-hybridized carbons (Fsp3) is 0.323. The van der Waals surface area contributed by atoms with Gasteiger partial charge in [0.05, 0.1) is 12.1 Å². The van der Waals surface area contributed by atoms with Crippen molar-refractivity contribution >= 4 is 34.3 Å². The largest absolute Gasteiger partial charge is 0.365 e. The Labute approximate surface area is 229 Å². The average molecular weight is 527 g/mol. The molecule has 1 saturated heterocycles. The predicted molar refractivity (Wildman–Crippen MR) is 156 cm³/mol. The fourth-order valence-corrected chi connectivity index (χ4v) is 4.90. The Kier molecular flexibility index (Phi) is 8.02. The Morgan fingerprint density at radius 2 is 1.67 bits per heavy atom. The SMILES string of the molecule is Cc1ccc2c(NCc3ccc(N(Cc4ccc(F)cc4)C(=O)C4CCNCC4)cc3)nc(N(C)C)nc2c1. The number of halogens is 1. The number of fused-ring (bicyclic) bond motifs is 1. The molecular weight excluding hydrogens is 491 g/mol. The molecular formula is C31H35FN6O. The number of aromatic nitrogens is 2. The number of amides is 1. The molecule has 0 saturated carbocycles. The van der Waals surface area contributed by atoms with Crippen LogP contribution < -0.4 is 20.4 Å². The molecule has 0 bridgehead atoms. The molecule has 8 heteroatoms. The van der Waals surface area contributed by atoms with E-state index in [0.717, 1.165) is 65.0 Å². The van der Waals surface area contributed by atoms with Crippen molar-refractivity contribution in [2.24, 2.45) is 5.92 Å². The quantitative estimate of drug-likeness (QED) is 0.325. The van der Waals surface area contributed by atoms with E-state index in [1.165, 1.54) is 12.1 Å². The third-order valence-electron chi connectivity index (χ3n) is 7.16. The van der Waals surface area contributed by atoms with Gasteiger partial charge in [-0.1, -0.05) is 30.3 Å². The van der Waals surface area contributed by atoms with Crippen LogP contribution in [0.25, 0.3) is 10.9 Å². The van der Waals surface area contributed by atoms with Gasteiger partial charge in [-0.05, 0) is 85.9 Å². The molecule has 3 aromatic carbocycles. The lowest BCUT2D eigenvalue weighted by atomic mass is 9.96. The molecule has 0 atom stereocenters. The van der Waals surface area contributed by atoms with Crippen LogP contribution in [0.15, 0.2) is 66.7 Å². The number of piperidine rings is 1. The van der Waals surface area contributed by atoms with Gasteiger partial charge in [-0.3, -0.25) is 4.79 Å². The summed E-state index contributed by atoms with van der Waals surface area (Å²) in [7, 11) is 3.87. The molecule has 7 nitrogen and oxygen atoms in total. The van der Waals surface area contributed by atoms with Gasteiger partial charge in [-0.2, -0.15) is 4.98 Å². The maximum absolute atomic E-state index is 13.6. The summed E-state index contributed by atoms with van der Waals surface area (Å²) in [5, 5.41) is 7.79. The van der Waals surface area contributed by atoms with E-state index < -0.39 is 0 Å². The summed E-state index contributed by atoms with van der Waals surface area (Å²) in [6.07, 6.45) is 1.64. The number of nitrogens with zero attached hydrogens (tertiary/aromatic N) is 4. The van der Waals surface area contributed by atoms with Crippen molar-refractivity contribution in [2.45, 2.75) is 32.9 Å². The summed E-state index contributed by atoms with van der Waals surface area (Å²) >= 11 is 0. The highest BCUT2D eigenvalue weighted by atomic mass is 19.1. The van der Waals surface area contributed by atoms with E-state index in [4.69, 9.17) is 4.98 Å². The van der Waals surface area contributed by atoms with Crippen molar-refractivity contribution in [1.82, 2.24) is 15.3 Å². The van der Waals surface area contributed by atoms with Crippen molar-refractivity contribution in [3.05, 3.63) is 89.2 Å². The molecule has 5 rings (SSSR count). The highest BCUT2D eigenvalue weighted by Gasteiger charge is 2.27. The number of rotatable bonds is 8. The fourth-order valence-electron chi connectivity index (χ4n) is 4.90. The number of hydrogen-bond donors (Lipinski definition) is 2. The number of carbonyl (C=O) groups excluding carboxylic acids is 1. The second-order valence-corrected chi connectivity index (χ2v) is 10.4. The van der Waals surface area contributed by atoms with Crippen LogP contribution in [0.1, 0.15) is 29.5 Å². The molecule has 2 N–H and O–H groups in total. The second-order valence-electron chi connectivity index (χ2n) is 10.4. The molecule has 1 amide bonds. The minimum Gasteiger partial charge on any atom is -0.365 e. The van der Waals surface area contributed by atoms with Crippen LogP contribution in [0.5, 0.6) is 0 Å². The smallest absolute Gasteiger partial charge is 0.230 e. The van der Waals surface area contributed by atoms with Gasteiger partial charge in [0.2, 0.25) is 11.9 Å². The van der Waals surface area contributed by atoms with Gasteiger partial charge in [0, 0.05) is 37.6 Å². The zero-order valence-corrected chi connectivity index (χ0v) is 22.7. The normalized spacial score (nSPS) is 13.8. The van der Waals surface area contributed by atoms with Crippen LogP contribution in [0.3, 0.4) is 0 Å². The molecule has 0 unspecified atom stereocenters. The lowest BCUT2D eigenvalue weighted by Gasteiger charge is -2.30. The van der Waals surface area contributed by atoms with E-state index in [2.05, 4.69) is 40.7 Å². The first-order chi connectivity index (χ1) is 18.9. The standard InChI is InChI=1S/C31H35FN6O/c1-21-4-13-27-28(18-21)35-31(37(2)3)36-29(27)34-19-22-7-11-26(12-8-22)38(20-23-5-9-25(32)10-6-23)30(39)24-14-16-33-17-15-24/h4-13,18,24,33H,14-17,19-20H2,1-3H3,(H,34,35,36). The number of nitrogens with one attached hydrogen (secondary N) is 2. The van der Waals surface area contributed by atoms with E-state index in [1.807, 2.05) is 48.2 Å². The Morgan fingerprint density at radius 1 is 0.974 bits per heavy atom. The molecule has 0 radical (unpaired) electrons. The topological polar surface area (TPSA) is 73.4 Å². The monoisotopic (exact) mass is 526 g/mol. The maximum atomic E-state index is 13.6. The molecule has 4 aromatic rings. The molecule has 39 heavy (non-hydrogen) atoms. The van der Waals surface area contributed by atoms with E-state index in [-0.39, 0.29) is 17.6 Å². The lowest BCUT2D eigenvalue weighted by Crippen LogP contribution is -2.40. The Morgan fingerprint density at radius 3 is 2.36 bits per heavy atom. The third kappa shape index (κ3) is 6.34. The van der Waals surface area contributed by atoms with Gasteiger partial charge < -0.3 is 20.4 Å². The van der Waals surface area contributed by atoms with Crippen LogP contribution in [-0.2, 0) is 17.9 Å². The third-order valence-corrected chi connectivity index (χ3v) is 7.16. The molecule has 1 fully saturated rings. The van der Waals surface area contributed by atoms with E-state index in [1.54, 1.807) is 12.1 Å². The number of anilines is 3. The van der Waals surface area contributed by atoms with Crippen LogP contribution in [0.2, 0.25) is 0 Å². The van der Waals surface area contributed by atoms with Crippen molar-refractivity contribution < 1.29 is 9.18 Å². The first-order valence-electron chi connectivity index (χ1n) is 13.4. The Balaban J connectivity index is 1.36. The molecule has 1 aliphatic rings. The highest BCUT2D eigenvalue weighted by molar-refractivity contribution is 5.95. The van der Waals surface area contributed by atoms with Crippen molar-refractivity contribution in [2.75, 3.05) is 42.3 Å². The first-order valence-corrected chi connectivity index (χ1v) is 13.4. The minimum absolute atomic E-state index is 0.0198. The second kappa shape index (κ2) is 11.8. The highest BCUT2D eigenvalue weighted by Crippen LogP contribution is 2.27. The Bertz CT molecular complexity index is 1430. The zero-order chi connectivity index (χ0) is 27.4. The van der Waals surface area contributed by atoms with Gasteiger partial charge >= 0.3 is 0 Å². The summed E-state index contributed by atoms with van der Waals surface area (Å²) < 4.78 is 13.5. The molecule has 0 spiro atoms. The van der Waals surface area contributed by atoms with Gasteiger partial charge in [0.1, 0.15) is 11.6 Å². The number of benzene rings is 3. The average Bonchev–Trinajstić information content (AvgIpc) is 2.95. The minimum atomic E-state index is -0.281. The number of hydrogen-bond acceptors (Lipinski definition) is 6. The maximum Gasteiger partial charge on any atom is 0.230 e. The molecule has 0 aliphatic carbocycles. The molecule has 2 heterocycles. The summed E-state index contributed by atoms with van der Waals surface area (Å²) in [5.41, 5.74) is 4.85. The summed E-state index contributed by atoms with van der Waals surface area (Å²) in [4.78, 5) is 26.8. The van der Waals surface area contributed by atoms with Gasteiger partial charge in [0.25, 0.3) is 0 Å². The van der Waals surface area contributed by atoms with Gasteiger partial charge in [-0.25, -0.2) is 9.37 Å². The van der Waals surface area contributed by atoms with Crippen LogP contribution in [-0.4, -0.2) is 43.1 Å². The van der Waals surface area contributed by atoms with E-state index in [0.29, 0.717) is 19.0 Å². The number of carbonyl (C=O) groups is 1. The van der Waals surface area contributed by atoms with E-state index in [9.17, 15) is 9.18 Å². The zero-order valence-electron chi connectivity index (χ0n) is 22.7. The van der Waals surface area contributed by atoms with Crippen LogP contribution in [0, 0.1) is 18.7 Å². The summed E-state index contributed by atoms with van der Waals surface area (Å²) in [6, 6.07) is 20.6. The van der Waals surface area contributed by atoms with Crippen LogP contribution >= 0.6 is 0 Å². The van der Waals surface area contributed by atoms with Crippen molar-refractivity contribution in [1.29, 1.82) is 0 Å². The van der Waals surface area contributed by atoms with Crippen LogP contribution in [0.4, 0.5) is 21.8 Å². The molecule has 202 valence electrons. The Hall–Kier alpha value is -4.04. The molecule has 1 aliphatic heterocycles. The van der Waals surface area contributed by atoms with E-state index >= 15 is 0 Å².